The van der Waals surface area contributed by atoms with E-state index in [0.717, 1.165) is 64.2 Å². The molecule has 0 spiro atoms. The summed E-state index contributed by atoms with van der Waals surface area (Å²) in [6, 6.07) is -1.04. The Morgan fingerprint density at radius 2 is 1.09 bits per heavy atom. The molecule has 0 aromatic rings. The van der Waals surface area contributed by atoms with Crippen LogP contribution < -0.4 is 5.32 Å². The number of hydrogen-bond donors (Lipinski definition) is 6. The van der Waals surface area contributed by atoms with E-state index in [0.29, 0.717) is 12.8 Å². The molecule has 11 heteroatoms. The number of carbonyl (C=O) groups is 2. The summed E-state index contributed by atoms with van der Waals surface area (Å²) in [5.41, 5.74) is 0. The molecule has 11 nitrogen and oxygen atoms in total. The van der Waals surface area contributed by atoms with Gasteiger partial charge in [-0.25, -0.2) is 0 Å². The highest BCUT2D eigenvalue weighted by molar-refractivity contribution is 5.80. The highest BCUT2D eigenvalue weighted by atomic mass is 16.7. The number of aliphatic hydroxyl groups is 5. The molecular weight excluding hydrogens is 835 g/mol. The fraction of sp³-hybridized carbons (Fsp3) is 0.782. The van der Waals surface area contributed by atoms with Crippen LogP contribution in [0.15, 0.2) is 60.8 Å². The Morgan fingerprint density at radius 3 is 1.64 bits per heavy atom. The van der Waals surface area contributed by atoms with Crippen molar-refractivity contribution in [1.82, 2.24) is 5.32 Å². The predicted octanol–water partition coefficient (Wildman–Crippen LogP) is 11.1. The van der Waals surface area contributed by atoms with Crippen LogP contribution in [-0.2, 0) is 23.8 Å². The van der Waals surface area contributed by atoms with Gasteiger partial charge in [-0.1, -0.05) is 223 Å². The van der Waals surface area contributed by atoms with E-state index < -0.39 is 67.4 Å². The topological polar surface area (TPSA) is 175 Å². The number of rotatable bonds is 43. The van der Waals surface area contributed by atoms with Crippen LogP contribution in [0.5, 0.6) is 0 Å². The second kappa shape index (κ2) is 43.6. The molecule has 1 heterocycles. The first kappa shape index (κ1) is 61.4. The molecule has 8 atom stereocenters. The summed E-state index contributed by atoms with van der Waals surface area (Å²) in [6.45, 7) is 5.58. The van der Waals surface area contributed by atoms with Gasteiger partial charge in [0.05, 0.1) is 25.4 Å². The van der Waals surface area contributed by atoms with E-state index in [2.05, 4.69) is 32.2 Å². The fourth-order valence-electron chi connectivity index (χ4n) is 8.01. The summed E-state index contributed by atoms with van der Waals surface area (Å²) < 4.78 is 17.5. The number of nitrogens with one attached hydrogen (secondary N) is 1. The molecule has 0 aromatic carbocycles. The van der Waals surface area contributed by atoms with Crippen LogP contribution in [0.1, 0.15) is 213 Å². The molecule has 1 rings (SSSR count). The Bertz CT molecular complexity index is 1300. The maximum Gasteiger partial charge on any atom is 0.306 e. The third-order valence-electron chi connectivity index (χ3n) is 12.3. The van der Waals surface area contributed by atoms with Gasteiger partial charge < -0.3 is 45.1 Å². The van der Waals surface area contributed by atoms with Gasteiger partial charge >= 0.3 is 5.97 Å². The lowest BCUT2D eigenvalue weighted by molar-refractivity contribution is -0.305. The second-order valence-corrected chi connectivity index (χ2v) is 18.3. The first-order valence-electron chi connectivity index (χ1n) is 26.6. The normalized spacial score (nSPS) is 20.6. The average molecular weight is 932 g/mol. The standard InChI is InChI=1S/C55H97NO10/c1-4-7-10-13-16-19-22-24-25-28-31-34-37-40-43-50(60)66-53-52(62)51(61)49(44-57)65-55(53)64-45-46(47(58)41-38-35-32-29-26-21-18-15-12-9-6-3)56-54(63)48(59)42-39-36-33-30-27-23-20-17-14-11-8-5-2/h8,11,14,17,20,23,27,30,38,41,46-49,51-53,55,57-59,61-62H,4-7,9-10,12-13,15-16,18-19,21-22,24-26,28-29,31-37,39-40,42-45H2,1-3H3,(H,56,63)/b11-8+,17-14+,23-20-,30-27-,41-38+. The molecule has 6 N–H and O–H groups in total. The number of allylic oxidation sites excluding steroid dienone is 9. The Balaban J connectivity index is 2.79. The van der Waals surface area contributed by atoms with Gasteiger partial charge in [0.2, 0.25) is 5.91 Å². The maximum absolute atomic E-state index is 13.3. The number of aliphatic hydroxyl groups excluding tert-OH is 5. The van der Waals surface area contributed by atoms with Crippen molar-refractivity contribution in [3.8, 4) is 0 Å². The number of amides is 1. The minimum atomic E-state index is -1.62. The summed E-state index contributed by atoms with van der Waals surface area (Å²) in [7, 11) is 0. The molecule has 0 radical (unpaired) electrons. The zero-order valence-electron chi connectivity index (χ0n) is 41.8. The van der Waals surface area contributed by atoms with Crippen LogP contribution in [0.2, 0.25) is 0 Å². The molecule has 1 aliphatic heterocycles. The Labute approximate surface area is 401 Å². The highest BCUT2D eigenvalue weighted by Crippen LogP contribution is 2.26. The maximum atomic E-state index is 13.3. The molecule has 8 unspecified atom stereocenters. The van der Waals surface area contributed by atoms with E-state index in [4.69, 9.17) is 14.2 Å². The molecule has 1 fully saturated rings. The monoisotopic (exact) mass is 932 g/mol. The summed E-state index contributed by atoms with van der Waals surface area (Å²) >= 11 is 0. The van der Waals surface area contributed by atoms with E-state index in [-0.39, 0.29) is 19.4 Å². The van der Waals surface area contributed by atoms with Gasteiger partial charge in [0.1, 0.15) is 24.4 Å². The van der Waals surface area contributed by atoms with Crippen molar-refractivity contribution in [2.24, 2.45) is 0 Å². The molecule has 1 saturated heterocycles. The summed E-state index contributed by atoms with van der Waals surface area (Å²) in [4.78, 5) is 26.3. The minimum Gasteiger partial charge on any atom is -0.454 e. The van der Waals surface area contributed by atoms with Gasteiger partial charge in [0.15, 0.2) is 12.4 Å². The van der Waals surface area contributed by atoms with Gasteiger partial charge in [-0.15, -0.1) is 0 Å². The van der Waals surface area contributed by atoms with E-state index in [9.17, 15) is 35.1 Å². The van der Waals surface area contributed by atoms with Crippen molar-refractivity contribution >= 4 is 11.9 Å². The van der Waals surface area contributed by atoms with E-state index in [1.165, 1.54) is 103 Å². The third-order valence-corrected chi connectivity index (χ3v) is 12.3. The molecule has 0 aromatic heterocycles. The predicted molar refractivity (Wildman–Crippen MR) is 269 cm³/mol. The molecule has 1 amide bonds. The molecule has 0 saturated carbocycles. The van der Waals surface area contributed by atoms with Crippen molar-refractivity contribution in [2.75, 3.05) is 13.2 Å². The summed E-state index contributed by atoms with van der Waals surface area (Å²) in [5, 5.41) is 56.5. The molecule has 1 aliphatic rings. The first-order valence-corrected chi connectivity index (χ1v) is 26.6. The van der Waals surface area contributed by atoms with Gasteiger partial charge in [0, 0.05) is 6.42 Å². The van der Waals surface area contributed by atoms with Crippen molar-refractivity contribution in [2.45, 2.75) is 262 Å². The van der Waals surface area contributed by atoms with Crippen LogP contribution in [0, 0.1) is 0 Å². The van der Waals surface area contributed by atoms with Crippen LogP contribution in [0.25, 0.3) is 0 Å². The lowest BCUT2D eigenvalue weighted by Gasteiger charge is -2.41. The number of hydrogen-bond acceptors (Lipinski definition) is 10. The third kappa shape index (κ3) is 32.2. The van der Waals surface area contributed by atoms with Crippen molar-refractivity contribution < 1.29 is 49.3 Å². The highest BCUT2D eigenvalue weighted by Gasteiger charge is 2.47. The van der Waals surface area contributed by atoms with Crippen LogP contribution in [-0.4, -0.2) is 99.6 Å². The summed E-state index contributed by atoms with van der Waals surface area (Å²) in [5.74, 6) is -1.24. The number of unbranched alkanes of at least 4 members (excludes halogenated alkanes) is 24. The molecule has 66 heavy (non-hydrogen) atoms. The lowest BCUT2D eigenvalue weighted by atomic mass is 9.99. The van der Waals surface area contributed by atoms with Gasteiger partial charge in [-0.2, -0.15) is 0 Å². The second-order valence-electron chi connectivity index (χ2n) is 18.3. The molecule has 0 bridgehead atoms. The number of esters is 1. The van der Waals surface area contributed by atoms with Gasteiger partial charge in [-0.05, 0) is 44.9 Å². The quantitative estimate of drug-likeness (QED) is 0.0149. The fourth-order valence-corrected chi connectivity index (χ4v) is 8.01. The molecular formula is C55H97NO10. The average Bonchev–Trinajstić information content (AvgIpc) is 3.31. The summed E-state index contributed by atoms with van der Waals surface area (Å²) in [6.07, 6.45) is 41.4. The zero-order valence-corrected chi connectivity index (χ0v) is 41.8. The Hall–Kier alpha value is -2.64. The largest absolute Gasteiger partial charge is 0.454 e. The van der Waals surface area contributed by atoms with Crippen molar-refractivity contribution in [3.63, 3.8) is 0 Å². The van der Waals surface area contributed by atoms with E-state index >= 15 is 0 Å². The SMILES string of the molecule is CC/C=C/C=C/C=C\C=C/CCCCC(O)C(=O)NC(COC1OC(CO)C(O)C(O)C1OC(=O)CCCCCCCCCCCCCCCC)C(O)/C=C/CCCCCCCCCCC. The van der Waals surface area contributed by atoms with Crippen LogP contribution in [0.3, 0.4) is 0 Å². The Morgan fingerprint density at radius 1 is 0.606 bits per heavy atom. The van der Waals surface area contributed by atoms with E-state index in [1.54, 1.807) is 6.08 Å². The minimum absolute atomic E-state index is 0.120. The number of carbonyl (C=O) groups excluding carboxylic acids is 2. The van der Waals surface area contributed by atoms with Crippen LogP contribution >= 0.6 is 0 Å². The van der Waals surface area contributed by atoms with Crippen LogP contribution in [0.4, 0.5) is 0 Å². The molecule has 0 aliphatic carbocycles. The van der Waals surface area contributed by atoms with Crippen molar-refractivity contribution in [3.05, 3.63) is 60.8 Å². The number of ether oxygens (including phenoxy) is 3. The molecule has 382 valence electrons. The lowest BCUT2D eigenvalue weighted by Crippen LogP contribution is -2.61. The van der Waals surface area contributed by atoms with Gasteiger partial charge in [0.25, 0.3) is 0 Å². The first-order chi connectivity index (χ1) is 32.2. The Kier molecular flexibility index (Phi) is 40.6. The van der Waals surface area contributed by atoms with E-state index in [1.807, 2.05) is 48.6 Å². The smallest absolute Gasteiger partial charge is 0.306 e. The van der Waals surface area contributed by atoms with Gasteiger partial charge in [-0.3, -0.25) is 9.59 Å². The van der Waals surface area contributed by atoms with Crippen molar-refractivity contribution in [1.29, 1.82) is 0 Å². The zero-order chi connectivity index (χ0) is 48.3.